The van der Waals surface area contributed by atoms with Crippen molar-refractivity contribution in [2.45, 2.75) is 6.92 Å². The molecule has 5 nitrogen and oxygen atoms in total. The van der Waals surface area contributed by atoms with Crippen LogP contribution in [0.4, 0.5) is 5.69 Å². The monoisotopic (exact) mass is 344 g/mol. The van der Waals surface area contributed by atoms with Gasteiger partial charge in [-0.3, -0.25) is 4.79 Å². The number of benzene rings is 2. The van der Waals surface area contributed by atoms with E-state index in [0.29, 0.717) is 17.3 Å². The molecule has 5 heteroatoms. The topological polar surface area (TPSA) is 68.3 Å². The molecule has 1 amide bonds. The fraction of sp³-hybridized carbons (Fsp3) is 0.0476. The number of hydrogen-bond acceptors (Lipinski definition) is 4. The van der Waals surface area contributed by atoms with Gasteiger partial charge < -0.3 is 14.2 Å². The van der Waals surface area contributed by atoms with Crippen LogP contribution in [0, 0.1) is 6.92 Å². The Labute approximate surface area is 150 Å². The number of carbonyl (C=O) groups is 1. The Morgan fingerprint density at radius 2 is 2.04 bits per heavy atom. The Kier molecular flexibility index (Phi) is 4.11. The van der Waals surface area contributed by atoms with Gasteiger partial charge in [0.05, 0.1) is 6.26 Å². The maximum absolute atomic E-state index is 12.1. The highest BCUT2D eigenvalue weighted by Crippen LogP contribution is 2.26. The largest absolute Gasteiger partial charge is 0.465 e. The summed E-state index contributed by atoms with van der Waals surface area (Å²) >= 11 is 0. The van der Waals surface area contributed by atoms with E-state index in [4.69, 9.17) is 8.83 Å². The Morgan fingerprint density at radius 1 is 1.12 bits per heavy atom. The number of carbonyl (C=O) groups excluding carboxylic acids is 1. The van der Waals surface area contributed by atoms with Crippen molar-refractivity contribution in [1.82, 2.24) is 4.98 Å². The SMILES string of the molecule is Cc1ccc2nc(-c3cccc(NC(=O)C=Cc4ccco4)c3)oc2c1. The second-order valence-corrected chi connectivity index (χ2v) is 5.91. The van der Waals surface area contributed by atoms with Crippen molar-refractivity contribution in [3.05, 3.63) is 78.3 Å². The molecule has 0 aliphatic carbocycles. The third-order valence-corrected chi connectivity index (χ3v) is 3.86. The standard InChI is InChI=1S/C21H16N2O3/c1-14-7-9-18-19(12-14)26-21(23-18)15-4-2-5-16(13-15)22-20(24)10-8-17-6-3-11-25-17/h2-13H,1H3,(H,22,24). The fourth-order valence-electron chi connectivity index (χ4n) is 2.61. The van der Waals surface area contributed by atoms with Gasteiger partial charge in [0.25, 0.3) is 0 Å². The molecule has 0 aliphatic rings. The number of fused-ring (bicyclic) bond motifs is 1. The summed E-state index contributed by atoms with van der Waals surface area (Å²) in [7, 11) is 0. The van der Waals surface area contributed by atoms with E-state index < -0.39 is 0 Å². The van der Waals surface area contributed by atoms with Crippen LogP contribution < -0.4 is 5.32 Å². The van der Waals surface area contributed by atoms with Gasteiger partial charge in [0.15, 0.2) is 5.58 Å². The minimum absolute atomic E-state index is 0.244. The third kappa shape index (κ3) is 3.42. The summed E-state index contributed by atoms with van der Waals surface area (Å²) in [6, 6.07) is 16.8. The van der Waals surface area contributed by atoms with Gasteiger partial charge >= 0.3 is 0 Å². The van der Waals surface area contributed by atoms with Crippen LogP contribution in [0.1, 0.15) is 11.3 Å². The zero-order valence-corrected chi connectivity index (χ0v) is 14.1. The van der Waals surface area contributed by atoms with Gasteiger partial charge in [-0.2, -0.15) is 0 Å². The van der Waals surface area contributed by atoms with Crippen molar-refractivity contribution >= 4 is 28.8 Å². The summed E-state index contributed by atoms with van der Waals surface area (Å²) in [4.78, 5) is 16.6. The number of aryl methyl sites for hydroxylation is 1. The number of aromatic nitrogens is 1. The Balaban J connectivity index is 1.54. The normalized spacial score (nSPS) is 11.3. The zero-order valence-electron chi connectivity index (χ0n) is 14.1. The predicted molar refractivity (Wildman–Crippen MR) is 101 cm³/mol. The fourth-order valence-corrected chi connectivity index (χ4v) is 2.61. The maximum atomic E-state index is 12.1. The molecule has 0 fully saturated rings. The van der Waals surface area contributed by atoms with Crippen molar-refractivity contribution in [3.63, 3.8) is 0 Å². The first-order chi connectivity index (χ1) is 12.7. The molecule has 1 N–H and O–H groups in total. The van der Waals surface area contributed by atoms with Crippen molar-refractivity contribution in [1.29, 1.82) is 0 Å². The van der Waals surface area contributed by atoms with Crippen LogP contribution in [-0.4, -0.2) is 10.9 Å². The van der Waals surface area contributed by atoms with Crippen molar-refractivity contribution in [3.8, 4) is 11.5 Å². The Morgan fingerprint density at radius 3 is 2.88 bits per heavy atom. The van der Waals surface area contributed by atoms with E-state index in [0.717, 1.165) is 22.2 Å². The summed E-state index contributed by atoms with van der Waals surface area (Å²) in [6.45, 7) is 2.01. The molecule has 0 unspecified atom stereocenters. The second-order valence-electron chi connectivity index (χ2n) is 5.91. The number of hydrogen-bond donors (Lipinski definition) is 1. The molecule has 0 atom stereocenters. The summed E-state index contributed by atoms with van der Waals surface area (Å²) in [6.07, 6.45) is 4.60. The smallest absolute Gasteiger partial charge is 0.248 e. The van der Waals surface area contributed by atoms with E-state index in [1.165, 1.54) is 6.08 Å². The third-order valence-electron chi connectivity index (χ3n) is 3.86. The average molecular weight is 344 g/mol. The summed E-state index contributed by atoms with van der Waals surface area (Å²) in [5.74, 6) is 0.898. The van der Waals surface area contributed by atoms with Crippen LogP contribution in [0.2, 0.25) is 0 Å². The predicted octanol–water partition coefficient (Wildman–Crippen LogP) is 5.05. The molecule has 0 saturated carbocycles. The van der Waals surface area contributed by atoms with E-state index in [9.17, 15) is 4.79 Å². The first-order valence-electron chi connectivity index (χ1n) is 8.17. The average Bonchev–Trinajstić information content (AvgIpc) is 3.29. The van der Waals surface area contributed by atoms with Crippen LogP contribution in [0.15, 0.2) is 75.8 Å². The number of anilines is 1. The molecular formula is C21H16N2O3. The van der Waals surface area contributed by atoms with Gasteiger partial charge in [-0.15, -0.1) is 0 Å². The Hall–Kier alpha value is -3.60. The molecule has 26 heavy (non-hydrogen) atoms. The quantitative estimate of drug-likeness (QED) is 0.526. The van der Waals surface area contributed by atoms with E-state index >= 15 is 0 Å². The number of nitrogens with one attached hydrogen (secondary N) is 1. The molecule has 2 aromatic heterocycles. The summed E-state index contributed by atoms with van der Waals surface area (Å²) in [5.41, 5.74) is 4.13. The number of nitrogens with zero attached hydrogens (tertiary/aromatic N) is 1. The maximum Gasteiger partial charge on any atom is 0.248 e. The second kappa shape index (κ2) is 6.72. The molecule has 4 rings (SSSR count). The molecule has 0 radical (unpaired) electrons. The van der Waals surface area contributed by atoms with Crippen molar-refractivity contribution in [2.75, 3.05) is 5.32 Å². The molecule has 2 heterocycles. The summed E-state index contributed by atoms with van der Waals surface area (Å²) < 4.78 is 11.0. The van der Waals surface area contributed by atoms with E-state index in [1.54, 1.807) is 24.5 Å². The van der Waals surface area contributed by atoms with E-state index in [2.05, 4.69) is 10.3 Å². The van der Waals surface area contributed by atoms with Crippen molar-refractivity contribution in [2.24, 2.45) is 0 Å². The Bertz CT molecular complexity index is 1090. The van der Waals surface area contributed by atoms with Gasteiger partial charge in [-0.1, -0.05) is 12.1 Å². The lowest BCUT2D eigenvalue weighted by atomic mass is 10.2. The van der Waals surface area contributed by atoms with Crippen LogP contribution in [0.25, 0.3) is 28.6 Å². The zero-order chi connectivity index (χ0) is 17.9. The lowest BCUT2D eigenvalue weighted by Crippen LogP contribution is -2.07. The van der Waals surface area contributed by atoms with Crippen LogP contribution >= 0.6 is 0 Å². The molecule has 128 valence electrons. The van der Waals surface area contributed by atoms with Gasteiger partial charge in [-0.05, 0) is 61.0 Å². The molecule has 0 spiro atoms. The first kappa shape index (κ1) is 15.9. The molecule has 0 bridgehead atoms. The van der Waals surface area contributed by atoms with Crippen LogP contribution in [0.5, 0.6) is 0 Å². The van der Waals surface area contributed by atoms with Gasteiger partial charge in [0.2, 0.25) is 11.8 Å². The lowest BCUT2D eigenvalue weighted by Gasteiger charge is -2.03. The van der Waals surface area contributed by atoms with Gasteiger partial charge in [0.1, 0.15) is 11.3 Å². The van der Waals surface area contributed by atoms with Gasteiger partial charge in [0, 0.05) is 17.3 Å². The number of rotatable bonds is 4. The number of furan rings is 1. The number of amides is 1. The highest BCUT2D eigenvalue weighted by atomic mass is 16.3. The number of oxazole rings is 1. The lowest BCUT2D eigenvalue weighted by molar-refractivity contribution is -0.111. The van der Waals surface area contributed by atoms with Crippen LogP contribution in [0.3, 0.4) is 0 Å². The van der Waals surface area contributed by atoms with Crippen molar-refractivity contribution < 1.29 is 13.6 Å². The van der Waals surface area contributed by atoms with Crippen LogP contribution in [-0.2, 0) is 4.79 Å². The molecular weight excluding hydrogens is 328 g/mol. The highest BCUT2D eigenvalue weighted by Gasteiger charge is 2.09. The molecule has 2 aromatic carbocycles. The van der Waals surface area contributed by atoms with Gasteiger partial charge in [-0.25, -0.2) is 4.98 Å². The molecule has 4 aromatic rings. The first-order valence-corrected chi connectivity index (χ1v) is 8.17. The minimum Gasteiger partial charge on any atom is -0.465 e. The van der Waals surface area contributed by atoms with E-state index in [-0.39, 0.29) is 5.91 Å². The minimum atomic E-state index is -0.244. The molecule has 0 saturated heterocycles. The molecule has 0 aliphatic heterocycles. The van der Waals surface area contributed by atoms with E-state index in [1.807, 2.05) is 49.4 Å². The summed E-state index contributed by atoms with van der Waals surface area (Å²) in [5, 5.41) is 2.82. The highest BCUT2D eigenvalue weighted by molar-refractivity contribution is 6.02.